The molecule has 0 aliphatic carbocycles. The summed E-state index contributed by atoms with van der Waals surface area (Å²) in [5.74, 6) is 0.692. The summed E-state index contributed by atoms with van der Waals surface area (Å²) in [6.07, 6.45) is 1.73. The van der Waals surface area contributed by atoms with Crippen molar-refractivity contribution in [3.63, 3.8) is 0 Å². The standard InChI is InChI=1S/C25H18Cl3NO3S2/c1-2-31-21-11-16(10-20(28)23(21)32-14-15-6-4-3-5-7-15)12-22-24(30)29(25(33)34-22)17-8-9-18(26)19(27)13-17/h3-13H,2,14H2,1H3/b22-12+. The molecule has 0 aromatic heterocycles. The first-order valence-electron chi connectivity index (χ1n) is 10.2. The van der Waals surface area contributed by atoms with Gasteiger partial charge in [0.15, 0.2) is 15.8 Å². The molecular weight excluding hydrogens is 533 g/mol. The molecule has 174 valence electrons. The van der Waals surface area contributed by atoms with Crippen molar-refractivity contribution in [2.24, 2.45) is 0 Å². The molecule has 34 heavy (non-hydrogen) atoms. The monoisotopic (exact) mass is 549 g/mol. The molecule has 1 aliphatic rings. The van der Waals surface area contributed by atoms with E-state index < -0.39 is 0 Å². The van der Waals surface area contributed by atoms with Gasteiger partial charge in [-0.05, 0) is 54.5 Å². The number of ether oxygens (including phenoxy) is 2. The highest BCUT2D eigenvalue weighted by atomic mass is 35.5. The molecule has 0 saturated carbocycles. The maximum atomic E-state index is 13.1. The first-order valence-corrected chi connectivity index (χ1v) is 12.6. The molecule has 0 atom stereocenters. The molecule has 0 N–H and O–H groups in total. The Hall–Kier alpha value is -2.22. The van der Waals surface area contributed by atoms with Gasteiger partial charge in [0, 0.05) is 0 Å². The number of rotatable bonds is 7. The van der Waals surface area contributed by atoms with Crippen LogP contribution in [0.25, 0.3) is 6.08 Å². The van der Waals surface area contributed by atoms with Gasteiger partial charge in [-0.1, -0.05) is 89.1 Å². The first kappa shape index (κ1) is 24.9. The molecule has 4 rings (SSSR count). The third kappa shape index (κ3) is 5.53. The van der Waals surface area contributed by atoms with E-state index in [9.17, 15) is 4.79 Å². The van der Waals surface area contributed by atoms with E-state index >= 15 is 0 Å². The van der Waals surface area contributed by atoms with E-state index in [1.165, 1.54) is 16.7 Å². The highest BCUT2D eigenvalue weighted by molar-refractivity contribution is 8.27. The summed E-state index contributed by atoms with van der Waals surface area (Å²) in [6, 6.07) is 18.2. The van der Waals surface area contributed by atoms with Gasteiger partial charge in [0.05, 0.1) is 32.3 Å². The number of carbonyl (C=O) groups excluding carboxylic acids is 1. The van der Waals surface area contributed by atoms with Crippen molar-refractivity contribution in [3.8, 4) is 11.5 Å². The number of nitrogens with zero attached hydrogens (tertiary/aromatic N) is 1. The average Bonchev–Trinajstić information content (AvgIpc) is 3.08. The van der Waals surface area contributed by atoms with Gasteiger partial charge >= 0.3 is 0 Å². The molecule has 1 heterocycles. The van der Waals surface area contributed by atoms with Crippen LogP contribution in [0.3, 0.4) is 0 Å². The molecule has 1 amide bonds. The molecule has 0 spiro atoms. The normalized spacial score (nSPS) is 14.7. The number of benzene rings is 3. The largest absolute Gasteiger partial charge is 0.490 e. The van der Waals surface area contributed by atoms with Crippen molar-refractivity contribution in [1.82, 2.24) is 0 Å². The summed E-state index contributed by atoms with van der Waals surface area (Å²) in [5, 5.41) is 1.13. The molecule has 1 saturated heterocycles. The Bertz CT molecular complexity index is 1280. The van der Waals surface area contributed by atoms with E-state index in [0.717, 1.165) is 5.56 Å². The van der Waals surface area contributed by atoms with Gasteiger partial charge in [-0.2, -0.15) is 0 Å². The van der Waals surface area contributed by atoms with E-state index in [4.69, 9.17) is 56.5 Å². The zero-order valence-corrected chi connectivity index (χ0v) is 21.8. The lowest BCUT2D eigenvalue weighted by molar-refractivity contribution is -0.113. The molecule has 9 heteroatoms. The predicted octanol–water partition coefficient (Wildman–Crippen LogP) is 8.03. The second-order valence-corrected chi connectivity index (χ2v) is 10.1. The second-order valence-electron chi connectivity index (χ2n) is 7.15. The highest BCUT2D eigenvalue weighted by Crippen LogP contribution is 2.41. The molecule has 1 fully saturated rings. The summed E-state index contributed by atoms with van der Waals surface area (Å²) in [4.78, 5) is 15.0. The fourth-order valence-corrected chi connectivity index (χ4v) is 5.13. The number of thioether (sulfide) groups is 1. The fraction of sp³-hybridized carbons (Fsp3) is 0.120. The van der Waals surface area contributed by atoms with Crippen LogP contribution >= 0.6 is 58.8 Å². The molecule has 3 aromatic carbocycles. The van der Waals surface area contributed by atoms with Crippen molar-refractivity contribution in [3.05, 3.63) is 91.8 Å². The van der Waals surface area contributed by atoms with Crippen LogP contribution in [-0.2, 0) is 11.4 Å². The van der Waals surface area contributed by atoms with Crippen molar-refractivity contribution >= 4 is 80.8 Å². The van der Waals surface area contributed by atoms with Gasteiger partial charge in [-0.25, -0.2) is 0 Å². The highest BCUT2D eigenvalue weighted by Gasteiger charge is 2.33. The third-order valence-corrected chi connectivity index (χ3v) is 7.13. The SMILES string of the molecule is CCOc1cc(/C=C2/SC(=S)N(c3ccc(Cl)c(Cl)c3)C2=O)cc(Cl)c1OCc1ccccc1. The summed E-state index contributed by atoms with van der Waals surface area (Å²) in [5.41, 5.74) is 2.25. The lowest BCUT2D eigenvalue weighted by Gasteiger charge is -2.15. The van der Waals surface area contributed by atoms with Crippen LogP contribution in [0, 0.1) is 0 Å². The van der Waals surface area contributed by atoms with Gasteiger partial charge < -0.3 is 9.47 Å². The second kappa shape index (κ2) is 11.0. The Kier molecular flexibility index (Phi) is 8.06. The number of hydrogen-bond donors (Lipinski definition) is 0. The van der Waals surface area contributed by atoms with Crippen LogP contribution in [0.1, 0.15) is 18.1 Å². The minimum absolute atomic E-state index is 0.258. The maximum Gasteiger partial charge on any atom is 0.270 e. The van der Waals surface area contributed by atoms with Crippen LogP contribution in [-0.4, -0.2) is 16.8 Å². The first-order chi connectivity index (χ1) is 16.4. The third-order valence-electron chi connectivity index (χ3n) is 4.81. The number of amides is 1. The van der Waals surface area contributed by atoms with Gasteiger partial charge in [0.25, 0.3) is 5.91 Å². The van der Waals surface area contributed by atoms with E-state index in [1.54, 1.807) is 36.4 Å². The minimum Gasteiger partial charge on any atom is -0.490 e. The Labute approximate surface area is 222 Å². The Morgan fingerprint density at radius 2 is 1.74 bits per heavy atom. The molecule has 4 nitrogen and oxygen atoms in total. The quantitative estimate of drug-likeness (QED) is 0.220. The van der Waals surface area contributed by atoms with Crippen LogP contribution in [0.4, 0.5) is 5.69 Å². The Balaban J connectivity index is 1.61. The summed E-state index contributed by atoms with van der Waals surface area (Å²) >= 11 is 25.3. The van der Waals surface area contributed by atoms with E-state index in [2.05, 4.69) is 0 Å². The molecule has 0 radical (unpaired) electrons. The summed E-state index contributed by atoms with van der Waals surface area (Å²) < 4.78 is 12.1. The number of carbonyl (C=O) groups is 1. The van der Waals surface area contributed by atoms with Crippen molar-refractivity contribution < 1.29 is 14.3 Å². The topological polar surface area (TPSA) is 38.8 Å². The van der Waals surface area contributed by atoms with E-state index in [0.29, 0.717) is 60.3 Å². The van der Waals surface area contributed by atoms with Gasteiger partial charge in [-0.3, -0.25) is 9.69 Å². The zero-order chi connectivity index (χ0) is 24.2. The van der Waals surface area contributed by atoms with Crippen LogP contribution in [0.5, 0.6) is 11.5 Å². The van der Waals surface area contributed by atoms with Crippen LogP contribution < -0.4 is 14.4 Å². The zero-order valence-electron chi connectivity index (χ0n) is 17.9. The van der Waals surface area contributed by atoms with Crippen molar-refractivity contribution in [2.45, 2.75) is 13.5 Å². The molecule has 0 bridgehead atoms. The number of hydrogen-bond acceptors (Lipinski definition) is 5. The van der Waals surface area contributed by atoms with Crippen molar-refractivity contribution in [2.75, 3.05) is 11.5 Å². The lowest BCUT2D eigenvalue weighted by atomic mass is 10.1. The summed E-state index contributed by atoms with van der Waals surface area (Å²) in [7, 11) is 0. The molecule has 3 aromatic rings. The Morgan fingerprint density at radius 3 is 2.44 bits per heavy atom. The summed E-state index contributed by atoms with van der Waals surface area (Å²) in [6.45, 7) is 2.66. The Morgan fingerprint density at radius 1 is 0.971 bits per heavy atom. The fourth-order valence-electron chi connectivity index (χ4n) is 3.27. The lowest BCUT2D eigenvalue weighted by Crippen LogP contribution is -2.27. The van der Waals surface area contributed by atoms with E-state index in [1.807, 2.05) is 37.3 Å². The van der Waals surface area contributed by atoms with E-state index in [-0.39, 0.29) is 5.91 Å². The average molecular weight is 551 g/mol. The number of halogens is 3. The minimum atomic E-state index is -0.258. The van der Waals surface area contributed by atoms with Gasteiger partial charge in [-0.15, -0.1) is 0 Å². The molecule has 1 aliphatic heterocycles. The number of anilines is 1. The smallest absolute Gasteiger partial charge is 0.270 e. The van der Waals surface area contributed by atoms with Gasteiger partial charge in [0.2, 0.25) is 0 Å². The molecule has 0 unspecified atom stereocenters. The maximum absolute atomic E-state index is 13.1. The van der Waals surface area contributed by atoms with Crippen molar-refractivity contribution in [1.29, 1.82) is 0 Å². The predicted molar refractivity (Wildman–Crippen MR) is 146 cm³/mol. The number of thiocarbonyl (C=S) groups is 1. The van der Waals surface area contributed by atoms with Crippen LogP contribution in [0.15, 0.2) is 65.6 Å². The van der Waals surface area contributed by atoms with Crippen LogP contribution in [0.2, 0.25) is 15.1 Å². The van der Waals surface area contributed by atoms with Gasteiger partial charge in [0.1, 0.15) is 6.61 Å². The molecular formula is C25H18Cl3NO3S2.